The van der Waals surface area contributed by atoms with Crippen molar-refractivity contribution in [2.45, 2.75) is 316 Å². The fourth-order valence-electron chi connectivity index (χ4n) is 16.6. The van der Waals surface area contributed by atoms with Gasteiger partial charge in [-0.15, -0.1) is 0 Å². The van der Waals surface area contributed by atoms with Gasteiger partial charge in [-0.1, -0.05) is 110 Å². The summed E-state index contributed by atoms with van der Waals surface area (Å²) < 4.78 is 123. The summed E-state index contributed by atoms with van der Waals surface area (Å²) in [5, 5.41) is 0. The first kappa shape index (κ1) is 72.1. The molecular weight excluding hydrogens is 1310 g/mol. The zero-order chi connectivity index (χ0) is 64.3. The van der Waals surface area contributed by atoms with Crippen LogP contribution in [0, 0.1) is 0 Å². The molecule has 0 aromatic carbocycles. The Hall–Kier alpha value is -0.681. The molecule has 3 aliphatic heterocycles. The molecular formula is C62H114O18Si10. The van der Waals surface area contributed by atoms with E-state index < -0.39 is 104 Å². The van der Waals surface area contributed by atoms with Crippen LogP contribution in [0.25, 0.3) is 0 Å². The average molecular weight is 1430 g/mol. The largest absolute Gasteiger partial charge is 0.482 e. The second-order valence-corrected chi connectivity index (χ2v) is 66.7. The Morgan fingerprint density at radius 3 is 0.689 bits per heavy atom. The van der Waals surface area contributed by atoms with Crippen LogP contribution in [0.2, 0.25) is 96.2 Å². The minimum Gasteiger partial charge on any atom is -0.462 e. The van der Waals surface area contributed by atoms with Gasteiger partial charge in [0.2, 0.25) is 0 Å². The third-order valence-corrected chi connectivity index (χ3v) is 67.6. The van der Waals surface area contributed by atoms with Gasteiger partial charge in [0.15, 0.2) is 25.0 Å². The van der Waals surface area contributed by atoms with Crippen molar-refractivity contribution in [3.63, 3.8) is 0 Å². The molecule has 28 heteroatoms. The number of hydrogen-bond donors (Lipinski definition) is 0. The van der Waals surface area contributed by atoms with Gasteiger partial charge in [-0.3, -0.25) is 0 Å². The number of rotatable bonds is 28. The Morgan fingerprint density at radius 1 is 0.322 bits per heavy atom. The quantitative estimate of drug-likeness (QED) is 0.0236. The lowest BCUT2D eigenvalue weighted by Gasteiger charge is -2.63. The van der Waals surface area contributed by atoms with Crippen molar-refractivity contribution in [2.75, 3.05) is 19.8 Å². The van der Waals surface area contributed by atoms with Crippen LogP contribution in [-0.2, 0) is 78.0 Å². The normalized spacial score (nSPS) is 34.1. The van der Waals surface area contributed by atoms with Gasteiger partial charge in [0.25, 0.3) is 0 Å². The van der Waals surface area contributed by atoms with E-state index in [1.54, 1.807) is 20.8 Å². The molecule has 3 saturated heterocycles. The molecule has 0 radical (unpaired) electrons. The van der Waals surface area contributed by atoms with Crippen molar-refractivity contribution < 1.29 is 78.0 Å². The van der Waals surface area contributed by atoms with Crippen molar-refractivity contribution in [1.29, 1.82) is 0 Å². The summed E-state index contributed by atoms with van der Waals surface area (Å²) >= 11 is 0. The lowest BCUT2D eigenvalue weighted by Crippen LogP contribution is -2.86. The number of esters is 3. The highest BCUT2D eigenvalue weighted by Crippen LogP contribution is 2.64. The molecule has 7 aliphatic carbocycles. The molecule has 4 bridgehead atoms. The highest BCUT2D eigenvalue weighted by atomic mass is 28.6. The van der Waals surface area contributed by atoms with Crippen LogP contribution in [0.1, 0.15) is 220 Å². The molecule has 0 amide bonds. The third-order valence-electron chi connectivity index (χ3n) is 21.3. The zero-order valence-corrected chi connectivity index (χ0v) is 66.7. The van der Waals surface area contributed by atoms with Crippen LogP contribution < -0.4 is 0 Å². The van der Waals surface area contributed by atoms with Crippen molar-refractivity contribution >= 4 is 104 Å². The molecule has 0 unspecified atom stereocenters. The van der Waals surface area contributed by atoms with Crippen LogP contribution in [0.3, 0.4) is 0 Å². The van der Waals surface area contributed by atoms with E-state index in [0.717, 1.165) is 180 Å². The molecule has 0 N–H and O–H groups in total. The van der Waals surface area contributed by atoms with Crippen LogP contribution in [0.5, 0.6) is 0 Å². The minimum absolute atomic E-state index is 0.114. The maximum Gasteiger partial charge on any atom is 0.482 e. The van der Waals surface area contributed by atoms with Gasteiger partial charge in [-0.05, 0) is 187 Å². The fourth-order valence-corrected chi connectivity index (χ4v) is 77.5. The number of fused-ring (bicyclic) bond motifs is 3. The van der Waals surface area contributed by atoms with Gasteiger partial charge < -0.3 is 63.6 Å². The summed E-state index contributed by atoms with van der Waals surface area (Å²) in [4.78, 5) is 38.6. The van der Waals surface area contributed by atoms with Crippen LogP contribution in [-0.4, -0.2) is 124 Å². The molecule has 10 rings (SSSR count). The van der Waals surface area contributed by atoms with Crippen molar-refractivity contribution in [1.82, 2.24) is 0 Å². The standard InChI is InChI=1S/C62H114O18Si10/c1-50(2)60(63)66-44-27-47-81(7,8)69-84(53-30-13-14-31-53)72-87(56-36-19-20-37-56)74-85(54-32-15-16-33-54,70-82(9,10)48-28-45-67-61(64)51(3)4)76-89(58-40-23-24-41-58)77-86(55-34-17-18-35-55,71-83(11,12)49-29-46-68-62(65)52(5)6)75-88(73-84,57-38-21-22-39-57)79-90(78-87,80-89)59-42-25-26-43-59/h53-59H,1,3,5,13-49H2,2,4,6-12H3. The summed E-state index contributed by atoms with van der Waals surface area (Å²) in [6.07, 6.45) is 27.6. The van der Waals surface area contributed by atoms with E-state index in [-0.39, 0.29) is 58.6 Å². The Bertz CT molecular complexity index is 2240. The lowest BCUT2D eigenvalue weighted by atomic mass is 10.4. The van der Waals surface area contributed by atoms with Gasteiger partial charge >= 0.3 is 79.5 Å². The molecule has 10 aliphatic rings. The molecule has 18 nitrogen and oxygen atoms in total. The van der Waals surface area contributed by atoms with Crippen molar-refractivity contribution in [3.8, 4) is 0 Å². The van der Waals surface area contributed by atoms with Gasteiger partial charge in [-0.2, -0.15) is 0 Å². The SMILES string of the molecule is C=C(C)C(=O)OCCC[Si](C)(C)O[Si]1(C2CCCC2)O[Si]2(C3CCCC3)O[Si](O[Si](C)(C)CCCOC(=O)C(=C)C)(C3CCCC3)O[Si]3(C4CCCC4)O[Si](O[Si](C)(C)CCCOC(=O)C(=C)C)(C4CCCC4)O[Si](C4CCCC4)(O1)O[Si](C1CCCC1)(O2)O3. The van der Waals surface area contributed by atoms with Crippen LogP contribution in [0.4, 0.5) is 0 Å². The molecule has 0 atom stereocenters. The summed E-state index contributed by atoms with van der Waals surface area (Å²) in [7, 11) is -39.1. The highest BCUT2D eigenvalue weighted by molar-refractivity contribution is 7.02. The third kappa shape index (κ3) is 16.5. The van der Waals surface area contributed by atoms with E-state index in [1.165, 1.54) is 0 Å². The van der Waals surface area contributed by atoms with Gasteiger partial charge in [-0.25, -0.2) is 14.4 Å². The molecule has 0 aromatic rings. The number of hydrogen-bond acceptors (Lipinski definition) is 18. The van der Waals surface area contributed by atoms with E-state index in [2.05, 4.69) is 59.0 Å². The molecule has 0 spiro atoms. The molecule has 3 heterocycles. The summed E-state index contributed by atoms with van der Waals surface area (Å²) in [5.41, 5.74) is 0.216. The van der Waals surface area contributed by atoms with E-state index >= 15 is 0 Å². The van der Waals surface area contributed by atoms with Crippen molar-refractivity contribution in [3.05, 3.63) is 36.5 Å². The second kappa shape index (κ2) is 29.8. The second-order valence-electron chi connectivity index (χ2n) is 30.7. The summed E-state index contributed by atoms with van der Waals surface area (Å²) in [6.45, 7) is 31.1. The Morgan fingerprint density at radius 2 is 0.500 bits per heavy atom. The molecule has 10 fully saturated rings. The Balaban J connectivity index is 1.25. The van der Waals surface area contributed by atoms with E-state index in [4.69, 9.17) is 63.6 Å². The summed E-state index contributed by atoms with van der Waals surface area (Å²) in [6, 6.07) is 2.02. The van der Waals surface area contributed by atoms with Gasteiger partial charge in [0.1, 0.15) is 0 Å². The van der Waals surface area contributed by atoms with E-state index in [1.807, 2.05) is 0 Å². The topological polar surface area (TPSA) is 190 Å². The van der Waals surface area contributed by atoms with E-state index in [0.29, 0.717) is 54.1 Å². The number of carbonyl (C=O) groups excluding carboxylic acids is 3. The molecule has 510 valence electrons. The average Bonchev–Trinajstić information content (AvgIpc) is 1.03. The first-order valence-corrected chi connectivity index (χ1v) is 57.6. The molecule has 0 aromatic heterocycles. The maximum absolute atomic E-state index is 12.9. The van der Waals surface area contributed by atoms with Crippen LogP contribution >= 0.6 is 0 Å². The first-order valence-electron chi connectivity index (χ1n) is 35.6. The Labute approximate surface area is 551 Å². The lowest BCUT2D eigenvalue weighted by molar-refractivity contribution is -0.139. The monoisotopic (exact) mass is 1430 g/mol. The highest BCUT2D eigenvalue weighted by Gasteiger charge is 2.84. The molecule has 7 saturated carbocycles. The van der Waals surface area contributed by atoms with Crippen molar-refractivity contribution in [2.24, 2.45) is 0 Å². The molecule has 90 heavy (non-hydrogen) atoms. The Kier molecular flexibility index (Phi) is 23.9. The zero-order valence-electron chi connectivity index (χ0n) is 56.7. The first-order chi connectivity index (χ1) is 42.7. The van der Waals surface area contributed by atoms with E-state index in [9.17, 15) is 14.4 Å². The number of ether oxygens (including phenoxy) is 3. The fraction of sp³-hybridized carbons (Fsp3) is 0.855. The minimum atomic E-state index is -4.37. The predicted molar refractivity (Wildman–Crippen MR) is 367 cm³/mol. The van der Waals surface area contributed by atoms with Gasteiger partial charge in [0.05, 0.1) is 19.8 Å². The van der Waals surface area contributed by atoms with Gasteiger partial charge in [0, 0.05) is 55.5 Å². The number of carbonyl (C=O) groups is 3. The van der Waals surface area contributed by atoms with Crippen LogP contribution in [0.15, 0.2) is 36.5 Å². The predicted octanol–water partition coefficient (Wildman–Crippen LogP) is 16.6. The summed E-state index contributed by atoms with van der Waals surface area (Å²) in [5.74, 6) is -1.18. The smallest absolute Gasteiger partial charge is 0.462 e. The maximum atomic E-state index is 12.9.